The fourth-order valence-corrected chi connectivity index (χ4v) is 5.23. The summed E-state index contributed by atoms with van der Waals surface area (Å²) in [4.78, 5) is 30.8. The van der Waals surface area contributed by atoms with Crippen molar-refractivity contribution >= 4 is 39.7 Å². The van der Waals surface area contributed by atoms with Crippen LogP contribution in [0, 0.1) is 0 Å². The molecule has 3 aromatic heterocycles. The number of piperazine rings is 1. The van der Waals surface area contributed by atoms with Crippen LogP contribution in [0.5, 0.6) is 5.75 Å². The summed E-state index contributed by atoms with van der Waals surface area (Å²) in [5.41, 5.74) is 2.20. The summed E-state index contributed by atoms with van der Waals surface area (Å²) in [5, 5.41) is 24.6. The molecule has 0 unspecified atom stereocenters. The lowest BCUT2D eigenvalue weighted by Gasteiger charge is -2.36. The molecular formula is C30H32N8O4. The summed E-state index contributed by atoms with van der Waals surface area (Å²) in [5.74, 6) is 0.548. The van der Waals surface area contributed by atoms with E-state index in [2.05, 4.69) is 26.5 Å². The Morgan fingerprint density at radius 2 is 1.69 bits per heavy atom. The first kappa shape index (κ1) is 27.1. The molecule has 5 aromatic rings. The first-order valence-corrected chi connectivity index (χ1v) is 13.7. The van der Waals surface area contributed by atoms with Gasteiger partial charge in [-0.15, -0.1) is 0 Å². The lowest BCUT2D eigenvalue weighted by molar-refractivity contribution is 0.0460. The Hall–Kier alpha value is -5.13. The standard InChI is InChI=1S/C30H32N8O4/c1-19(42-30(2,3)4)17-37-18-31-26-25(37)27(38-23-8-6-5-7-22(23)24(34-38)28(40)41)33-29(32-26)36-15-13-35(14-16-36)20-9-11-21(39)12-10-20/h5-12,18,39H,1,13-17H2,2-4H3,(H,40,41). The molecule has 2 aromatic carbocycles. The van der Waals surface area contributed by atoms with Crippen molar-refractivity contribution < 1.29 is 19.7 Å². The highest BCUT2D eigenvalue weighted by molar-refractivity contribution is 6.02. The van der Waals surface area contributed by atoms with Crippen molar-refractivity contribution in [2.24, 2.45) is 0 Å². The number of anilines is 2. The first-order chi connectivity index (χ1) is 20.1. The van der Waals surface area contributed by atoms with E-state index >= 15 is 0 Å². The van der Waals surface area contributed by atoms with Gasteiger partial charge in [-0.05, 0) is 51.1 Å². The number of hydrogen-bond donors (Lipinski definition) is 2. The molecule has 12 nitrogen and oxygen atoms in total. The van der Waals surface area contributed by atoms with Crippen LogP contribution in [0.2, 0.25) is 0 Å². The number of carbonyl (C=O) groups is 1. The highest BCUT2D eigenvalue weighted by atomic mass is 16.5. The molecule has 0 aliphatic carbocycles. The molecule has 2 N–H and O–H groups in total. The average Bonchev–Trinajstić information content (AvgIpc) is 3.54. The van der Waals surface area contributed by atoms with E-state index in [1.54, 1.807) is 35.3 Å². The number of aromatic hydroxyl groups is 1. The molecule has 1 aliphatic rings. The molecule has 0 bridgehead atoms. The summed E-state index contributed by atoms with van der Waals surface area (Å²) in [7, 11) is 0. The third kappa shape index (κ3) is 5.18. The largest absolute Gasteiger partial charge is 0.508 e. The molecular weight excluding hydrogens is 536 g/mol. The number of aromatic carboxylic acids is 1. The Kier molecular flexibility index (Phi) is 6.68. The van der Waals surface area contributed by atoms with E-state index in [1.165, 1.54) is 0 Å². The molecule has 1 fully saturated rings. The number of hydrogen-bond acceptors (Lipinski definition) is 9. The smallest absolute Gasteiger partial charge is 0.357 e. The predicted molar refractivity (Wildman–Crippen MR) is 159 cm³/mol. The number of imidazole rings is 1. The molecule has 1 saturated heterocycles. The minimum Gasteiger partial charge on any atom is -0.508 e. The number of carboxylic acids is 1. The van der Waals surface area contributed by atoms with Crippen LogP contribution in [0.4, 0.5) is 11.6 Å². The van der Waals surface area contributed by atoms with Crippen molar-refractivity contribution in [1.29, 1.82) is 0 Å². The maximum Gasteiger partial charge on any atom is 0.357 e. The molecule has 6 rings (SSSR count). The van der Waals surface area contributed by atoms with Gasteiger partial charge in [-0.1, -0.05) is 24.8 Å². The highest BCUT2D eigenvalue weighted by Crippen LogP contribution is 2.29. The molecule has 0 radical (unpaired) electrons. The van der Waals surface area contributed by atoms with Crippen LogP contribution in [-0.4, -0.2) is 77.3 Å². The van der Waals surface area contributed by atoms with Crippen LogP contribution in [-0.2, 0) is 11.3 Å². The predicted octanol–water partition coefficient (Wildman–Crippen LogP) is 4.22. The molecule has 0 amide bonds. The summed E-state index contributed by atoms with van der Waals surface area (Å²) in [6.07, 6.45) is 1.66. The van der Waals surface area contributed by atoms with Gasteiger partial charge >= 0.3 is 5.97 Å². The Morgan fingerprint density at radius 1 is 1.00 bits per heavy atom. The highest BCUT2D eigenvalue weighted by Gasteiger charge is 2.26. The quantitative estimate of drug-likeness (QED) is 0.275. The Morgan fingerprint density at radius 3 is 2.38 bits per heavy atom. The second-order valence-corrected chi connectivity index (χ2v) is 11.2. The zero-order chi connectivity index (χ0) is 29.6. The van der Waals surface area contributed by atoms with Gasteiger partial charge in [-0.25, -0.2) is 14.5 Å². The summed E-state index contributed by atoms with van der Waals surface area (Å²) < 4.78 is 9.38. The van der Waals surface area contributed by atoms with Crippen LogP contribution in [0.1, 0.15) is 31.3 Å². The van der Waals surface area contributed by atoms with Crippen LogP contribution in [0.15, 0.2) is 67.2 Å². The number of allylic oxidation sites excluding steroid dienone is 1. The fourth-order valence-electron chi connectivity index (χ4n) is 5.23. The number of para-hydroxylation sites is 1. The number of benzene rings is 2. The van der Waals surface area contributed by atoms with Crippen LogP contribution < -0.4 is 9.80 Å². The van der Waals surface area contributed by atoms with Crippen LogP contribution in [0.3, 0.4) is 0 Å². The number of phenolic OH excluding ortho intramolecular Hbond substituents is 1. The number of ether oxygens (including phenoxy) is 1. The number of phenols is 1. The van der Waals surface area contributed by atoms with E-state index < -0.39 is 11.6 Å². The number of aromatic nitrogens is 6. The third-order valence-electron chi connectivity index (χ3n) is 7.01. The average molecular weight is 569 g/mol. The van der Waals surface area contributed by atoms with E-state index in [0.717, 1.165) is 18.8 Å². The second kappa shape index (κ2) is 10.4. The minimum absolute atomic E-state index is 0.0621. The number of nitrogens with zero attached hydrogens (tertiary/aromatic N) is 8. The first-order valence-electron chi connectivity index (χ1n) is 13.7. The third-order valence-corrected chi connectivity index (χ3v) is 7.01. The van der Waals surface area contributed by atoms with Gasteiger partial charge in [0.25, 0.3) is 0 Å². The lowest BCUT2D eigenvalue weighted by Crippen LogP contribution is -2.47. The Labute approximate surface area is 242 Å². The van der Waals surface area contributed by atoms with Crippen molar-refractivity contribution in [3.63, 3.8) is 0 Å². The monoisotopic (exact) mass is 568 g/mol. The van der Waals surface area contributed by atoms with Crippen molar-refractivity contribution in [3.05, 3.63) is 72.9 Å². The van der Waals surface area contributed by atoms with Crippen LogP contribution in [0.25, 0.3) is 27.9 Å². The van der Waals surface area contributed by atoms with Crippen molar-refractivity contribution in [2.45, 2.75) is 32.9 Å². The van der Waals surface area contributed by atoms with Crippen molar-refractivity contribution in [1.82, 2.24) is 29.3 Å². The molecule has 4 heterocycles. The second-order valence-electron chi connectivity index (χ2n) is 11.2. The van der Waals surface area contributed by atoms with E-state index in [4.69, 9.17) is 14.7 Å². The maximum atomic E-state index is 12.1. The SMILES string of the molecule is C=C(Cn1cnc2nc(N3CCN(c4ccc(O)cc4)CC3)nc(-n3nc(C(=O)O)c4ccccc43)c21)OC(C)(C)C. The summed E-state index contributed by atoms with van der Waals surface area (Å²) in [6, 6.07) is 14.3. The summed E-state index contributed by atoms with van der Waals surface area (Å²) in [6.45, 7) is 13.0. The number of carboxylic acid groups (broad SMARTS) is 1. The number of rotatable bonds is 7. The Balaban J connectivity index is 1.42. The molecule has 0 spiro atoms. The van der Waals surface area contributed by atoms with Gasteiger partial charge in [0.15, 0.2) is 17.2 Å². The molecule has 1 aliphatic heterocycles. The van der Waals surface area contributed by atoms with Gasteiger partial charge in [0.05, 0.1) is 18.4 Å². The van der Waals surface area contributed by atoms with Crippen molar-refractivity contribution in [3.8, 4) is 11.6 Å². The van der Waals surface area contributed by atoms with Gasteiger partial charge in [-0.2, -0.15) is 15.1 Å². The van der Waals surface area contributed by atoms with Gasteiger partial charge in [0, 0.05) is 37.3 Å². The summed E-state index contributed by atoms with van der Waals surface area (Å²) >= 11 is 0. The lowest BCUT2D eigenvalue weighted by atomic mass is 10.2. The van der Waals surface area contributed by atoms with E-state index in [1.807, 2.05) is 49.6 Å². The maximum absolute atomic E-state index is 12.1. The zero-order valence-electron chi connectivity index (χ0n) is 23.7. The van der Waals surface area contributed by atoms with Gasteiger partial charge in [0.1, 0.15) is 22.6 Å². The molecule has 0 saturated carbocycles. The van der Waals surface area contributed by atoms with Crippen LogP contribution >= 0.6 is 0 Å². The zero-order valence-corrected chi connectivity index (χ0v) is 23.7. The molecule has 0 atom stereocenters. The van der Waals surface area contributed by atoms with Crippen molar-refractivity contribution in [2.75, 3.05) is 36.0 Å². The van der Waals surface area contributed by atoms with Gasteiger partial charge < -0.3 is 29.3 Å². The van der Waals surface area contributed by atoms with Gasteiger partial charge in [-0.3, -0.25) is 0 Å². The van der Waals surface area contributed by atoms with E-state index in [9.17, 15) is 15.0 Å². The minimum atomic E-state index is -1.12. The number of fused-ring (bicyclic) bond motifs is 2. The van der Waals surface area contributed by atoms with Gasteiger partial charge in [0.2, 0.25) is 5.95 Å². The topological polar surface area (TPSA) is 135 Å². The normalized spacial score (nSPS) is 14.1. The Bertz CT molecular complexity index is 1790. The van der Waals surface area contributed by atoms with E-state index in [-0.39, 0.29) is 11.4 Å². The fraction of sp³-hybridized carbons (Fsp3) is 0.300. The molecule has 42 heavy (non-hydrogen) atoms. The van der Waals surface area contributed by atoms with E-state index in [0.29, 0.717) is 59.2 Å². The molecule has 12 heteroatoms. The molecule has 216 valence electrons.